The van der Waals surface area contributed by atoms with Gasteiger partial charge in [-0.2, -0.15) is 0 Å². The number of nitrogens with zero attached hydrogens (tertiary/aromatic N) is 3. The SMILES string of the molecule is CC(C)CN(C(=O)c1nnc(Cl)s1)C1CC1. The topological polar surface area (TPSA) is 46.1 Å². The van der Waals surface area contributed by atoms with E-state index in [-0.39, 0.29) is 5.91 Å². The molecule has 0 unspecified atom stereocenters. The maximum Gasteiger partial charge on any atom is 0.285 e. The highest BCUT2D eigenvalue weighted by atomic mass is 35.5. The lowest BCUT2D eigenvalue weighted by Crippen LogP contribution is -2.36. The molecule has 0 radical (unpaired) electrons. The minimum atomic E-state index is -0.0272. The number of carbonyl (C=O) groups is 1. The molecule has 0 atom stereocenters. The fourth-order valence-electron chi connectivity index (χ4n) is 1.59. The van der Waals surface area contributed by atoms with Gasteiger partial charge in [-0.1, -0.05) is 25.2 Å². The van der Waals surface area contributed by atoms with Crippen molar-refractivity contribution in [2.24, 2.45) is 5.92 Å². The Morgan fingerprint density at radius 3 is 2.69 bits per heavy atom. The summed E-state index contributed by atoms with van der Waals surface area (Å²) in [6, 6.07) is 0.401. The Balaban J connectivity index is 2.10. The zero-order chi connectivity index (χ0) is 11.7. The molecule has 0 spiro atoms. The summed E-state index contributed by atoms with van der Waals surface area (Å²) >= 11 is 6.83. The lowest BCUT2D eigenvalue weighted by atomic mass is 10.2. The van der Waals surface area contributed by atoms with E-state index in [9.17, 15) is 4.79 Å². The molecular weight excluding hydrogens is 246 g/mol. The molecule has 1 heterocycles. The number of rotatable bonds is 4. The van der Waals surface area contributed by atoms with Crippen molar-refractivity contribution in [3.63, 3.8) is 0 Å². The van der Waals surface area contributed by atoms with Crippen LogP contribution in [-0.4, -0.2) is 33.6 Å². The summed E-state index contributed by atoms with van der Waals surface area (Å²) in [6.45, 7) is 4.99. The molecule has 1 saturated carbocycles. The first kappa shape index (κ1) is 11.8. The van der Waals surface area contributed by atoms with E-state index in [1.165, 1.54) is 0 Å². The van der Waals surface area contributed by atoms with Crippen LogP contribution in [0.2, 0.25) is 4.47 Å². The number of hydrogen-bond acceptors (Lipinski definition) is 4. The van der Waals surface area contributed by atoms with Crippen molar-refractivity contribution in [2.45, 2.75) is 32.7 Å². The van der Waals surface area contributed by atoms with Gasteiger partial charge in [0.15, 0.2) is 0 Å². The first-order chi connectivity index (χ1) is 7.58. The predicted molar refractivity (Wildman–Crippen MR) is 63.8 cm³/mol. The highest BCUT2D eigenvalue weighted by molar-refractivity contribution is 7.17. The second kappa shape index (κ2) is 4.67. The molecular formula is C10H14ClN3OS. The molecule has 1 aliphatic rings. The molecule has 4 nitrogen and oxygen atoms in total. The molecule has 2 rings (SSSR count). The number of carbonyl (C=O) groups excluding carboxylic acids is 1. The van der Waals surface area contributed by atoms with Gasteiger partial charge >= 0.3 is 0 Å². The molecule has 6 heteroatoms. The van der Waals surface area contributed by atoms with Crippen molar-refractivity contribution in [3.8, 4) is 0 Å². The summed E-state index contributed by atoms with van der Waals surface area (Å²) in [5.41, 5.74) is 0. The second-order valence-electron chi connectivity index (χ2n) is 4.44. The third-order valence-corrected chi connectivity index (χ3v) is 3.40. The van der Waals surface area contributed by atoms with Gasteiger partial charge in [-0.3, -0.25) is 4.79 Å². The second-order valence-corrected chi connectivity index (χ2v) is 6.00. The molecule has 1 amide bonds. The van der Waals surface area contributed by atoms with E-state index in [4.69, 9.17) is 11.6 Å². The van der Waals surface area contributed by atoms with Crippen LogP contribution in [0.1, 0.15) is 36.5 Å². The summed E-state index contributed by atoms with van der Waals surface area (Å²) in [6.07, 6.45) is 2.20. The molecule has 88 valence electrons. The van der Waals surface area contributed by atoms with Gasteiger partial charge in [0.2, 0.25) is 9.47 Å². The summed E-state index contributed by atoms with van der Waals surface area (Å²) in [4.78, 5) is 14.1. The monoisotopic (exact) mass is 259 g/mol. The summed E-state index contributed by atoms with van der Waals surface area (Å²) < 4.78 is 0.323. The highest BCUT2D eigenvalue weighted by Gasteiger charge is 2.34. The normalized spacial score (nSPS) is 15.5. The first-order valence-electron chi connectivity index (χ1n) is 5.38. The zero-order valence-corrected chi connectivity index (χ0v) is 10.9. The Labute approximate surface area is 104 Å². The molecule has 1 fully saturated rings. The zero-order valence-electron chi connectivity index (χ0n) is 9.31. The first-order valence-corrected chi connectivity index (χ1v) is 6.57. The van der Waals surface area contributed by atoms with Crippen molar-refractivity contribution in [1.29, 1.82) is 0 Å². The lowest BCUT2D eigenvalue weighted by molar-refractivity contribution is 0.0721. The van der Waals surface area contributed by atoms with Crippen LogP contribution >= 0.6 is 22.9 Å². The van der Waals surface area contributed by atoms with Gasteiger partial charge in [-0.25, -0.2) is 0 Å². The number of halogens is 1. The smallest absolute Gasteiger partial charge is 0.285 e. The molecule has 1 aliphatic carbocycles. The molecule has 0 saturated heterocycles. The molecule has 1 aromatic heterocycles. The lowest BCUT2D eigenvalue weighted by Gasteiger charge is -2.22. The van der Waals surface area contributed by atoms with Crippen molar-refractivity contribution >= 4 is 28.8 Å². The maximum absolute atomic E-state index is 12.2. The van der Waals surface area contributed by atoms with Crippen LogP contribution in [0.4, 0.5) is 0 Å². The minimum absolute atomic E-state index is 0.0272. The van der Waals surface area contributed by atoms with Gasteiger partial charge < -0.3 is 4.90 Å². The Morgan fingerprint density at radius 2 is 2.25 bits per heavy atom. The molecule has 16 heavy (non-hydrogen) atoms. The van der Waals surface area contributed by atoms with Crippen molar-refractivity contribution in [3.05, 3.63) is 9.47 Å². The predicted octanol–water partition coefficient (Wildman–Crippen LogP) is 2.45. The van der Waals surface area contributed by atoms with Gasteiger partial charge in [-0.15, -0.1) is 10.2 Å². The highest BCUT2D eigenvalue weighted by Crippen LogP contribution is 2.29. The molecule has 0 aliphatic heterocycles. The van der Waals surface area contributed by atoms with Crippen molar-refractivity contribution in [2.75, 3.05) is 6.54 Å². The summed E-state index contributed by atoms with van der Waals surface area (Å²) in [5, 5.41) is 7.87. The average Bonchev–Trinajstić information content (AvgIpc) is 2.96. The minimum Gasteiger partial charge on any atom is -0.333 e. The standard InChI is InChI=1S/C10H14ClN3OS/c1-6(2)5-14(7-3-4-7)9(15)8-12-13-10(11)16-8/h6-7H,3-5H2,1-2H3. The van der Waals surface area contributed by atoms with Crippen molar-refractivity contribution in [1.82, 2.24) is 15.1 Å². The van der Waals surface area contributed by atoms with Crippen LogP contribution in [0.3, 0.4) is 0 Å². The Kier molecular flexibility index (Phi) is 3.44. The van der Waals surface area contributed by atoms with Crippen LogP contribution < -0.4 is 0 Å². The van der Waals surface area contributed by atoms with Crippen LogP contribution in [-0.2, 0) is 0 Å². The van der Waals surface area contributed by atoms with Gasteiger partial charge in [0, 0.05) is 12.6 Å². The Bertz CT molecular complexity index is 389. The van der Waals surface area contributed by atoms with Crippen LogP contribution in [0.5, 0.6) is 0 Å². The van der Waals surface area contributed by atoms with E-state index < -0.39 is 0 Å². The van der Waals surface area contributed by atoms with Gasteiger partial charge in [0.25, 0.3) is 5.91 Å². The maximum atomic E-state index is 12.2. The summed E-state index contributed by atoms with van der Waals surface area (Å²) in [5.74, 6) is 0.438. The van der Waals surface area contributed by atoms with E-state index in [0.717, 1.165) is 30.7 Å². The van der Waals surface area contributed by atoms with Gasteiger partial charge in [0.05, 0.1) is 0 Å². The van der Waals surface area contributed by atoms with Gasteiger partial charge in [-0.05, 0) is 30.4 Å². The third kappa shape index (κ3) is 2.71. The number of aromatic nitrogens is 2. The molecule has 1 aromatic rings. The van der Waals surface area contributed by atoms with Crippen LogP contribution in [0, 0.1) is 5.92 Å². The fourth-order valence-corrected chi connectivity index (χ4v) is 2.38. The van der Waals surface area contributed by atoms with E-state index in [1.54, 1.807) is 0 Å². The fraction of sp³-hybridized carbons (Fsp3) is 0.700. The van der Waals surface area contributed by atoms with E-state index in [2.05, 4.69) is 24.0 Å². The number of hydrogen-bond donors (Lipinski definition) is 0. The Hall–Kier alpha value is -0.680. The number of amides is 1. The largest absolute Gasteiger partial charge is 0.333 e. The van der Waals surface area contributed by atoms with Crippen LogP contribution in [0.25, 0.3) is 0 Å². The van der Waals surface area contributed by atoms with E-state index >= 15 is 0 Å². The van der Waals surface area contributed by atoms with E-state index in [0.29, 0.717) is 21.4 Å². The van der Waals surface area contributed by atoms with Crippen molar-refractivity contribution < 1.29 is 4.79 Å². The van der Waals surface area contributed by atoms with E-state index in [1.807, 2.05) is 4.90 Å². The average molecular weight is 260 g/mol. The Morgan fingerprint density at radius 1 is 1.56 bits per heavy atom. The third-order valence-electron chi connectivity index (χ3n) is 2.39. The van der Waals surface area contributed by atoms with Gasteiger partial charge in [0.1, 0.15) is 0 Å². The summed E-state index contributed by atoms with van der Waals surface area (Å²) in [7, 11) is 0. The molecule has 0 N–H and O–H groups in total. The quantitative estimate of drug-likeness (QED) is 0.834. The molecule has 0 bridgehead atoms. The van der Waals surface area contributed by atoms with Crippen LogP contribution in [0.15, 0.2) is 0 Å². The molecule has 0 aromatic carbocycles.